The Bertz CT molecular complexity index is 1110. The Labute approximate surface area is 157 Å². The number of hydrogen-bond donors (Lipinski definition) is 0. The number of ether oxygens (including phenoxy) is 1. The van der Waals surface area contributed by atoms with E-state index in [1.165, 1.54) is 0 Å². The van der Waals surface area contributed by atoms with Crippen molar-refractivity contribution in [1.29, 1.82) is 0 Å². The van der Waals surface area contributed by atoms with Crippen LogP contribution in [-0.4, -0.2) is 15.9 Å². The van der Waals surface area contributed by atoms with E-state index in [4.69, 9.17) is 9.73 Å². The van der Waals surface area contributed by atoms with Crippen molar-refractivity contribution in [1.82, 2.24) is 9.97 Å². The number of fused-ring (bicyclic) bond motifs is 1. The monoisotopic (exact) mass is 351 g/mol. The van der Waals surface area contributed by atoms with Gasteiger partial charge in [0.25, 0.3) is 0 Å². The fourth-order valence-corrected chi connectivity index (χ4v) is 3.40. The third-order valence-corrected chi connectivity index (χ3v) is 4.73. The lowest BCUT2D eigenvalue weighted by Crippen LogP contribution is -2.10. The first-order chi connectivity index (χ1) is 13.4. The van der Waals surface area contributed by atoms with Gasteiger partial charge in [0.2, 0.25) is 5.90 Å². The summed E-state index contributed by atoms with van der Waals surface area (Å²) in [7, 11) is 0. The SMILES string of the molecule is c1ccc([C@H]2OC(c3ccc4cccnc4n3)=N[C@H]2c2ccccc2)cc1. The molecule has 4 aromatic rings. The summed E-state index contributed by atoms with van der Waals surface area (Å²) in [6, 6.07) is 28.2. The fraction of sp³-hybridized carbons (Fsp3) is 0.0870. The van der Waals surface area contributed by atoms with Crippen molar-refractivity contribution in [3.8, 4) is 0 Å². The summed E-state index contributed by atoms with van der Waals surface area (Å²) in [6.45, 7) is 0. The Morgan fingerprint density at radius 1 is 0.704 bits per heavy atom. The Morgan fingerprint density at radius 3 is 2.22 bits per heavy atom. The summed E-state index contributed by atoms with van der Waals surface area (Å²) in [5, 5.41) is 0.999. The lowest BCUT2D eigenvalue weighted by Gasteiger charge is -2.18. The van der Waals surface area contributed by atoms with E-state index in [0.717, 1.165) is 16.5 Å². The molecule has 2 atom stereocenters. The highest BCUT2D eigenvalue weighted by atomic mass is 16.5. The van der Waals surface area contributed by atoms with Crippen LogP contribution in [0.15, 0.2) is 96.1 Å². The van der Waals surface area contributed by atoms with Crippen LogP contribution in [0.2, 0.25) is 0 Å². The summed E-state index contributed by atoms with van der Waals surface area (Å²) in [5.74, 6) is 0.560. The number of aliphatic imine (C=N–C) groups is 1. The molecule has 0 radical (unpaired) electrons. The van der Waals surface area contributed by atoms with Gasteiger partial charge in [0.15, 0.2) is 11.8 Å². The van der Waals surface area contributed by atoms with E-state index in [1.54, 1.807) is 6.20 Å². The molecule has 130 valence electrons. The molecular weight excluding hydrogens is 334 g/mol. The predicted molar refractivity (Wildman–Crippen MR) is 106 cm³/mol. The van der Waals surface area contributed by atoms with Crippen LogP contribution in [0, 0.1) is 0 Å². The average molecular weight is 351 g/mol. The summed E-state index contributed by atoms with van der Waals surface area (Å²) >= 11 is 0. The van der Waals surface area contributed by atoms with Crippen LogP contribution in [-0.2, 0) is 4.74 Å². The average Bonchev–Trinajstić information content (AvgIpc) is 3.20. The van der Waals surface area contributed by atoms with Gasteiger partial charge in [-0.1, -0.05) is 60.7 Å². The highest BCUT2D eigenvalue weighted by Crippen LogP contribution is 2.40. The Morgan fingerprint density at radius 2 is 1.44 bits per heavy atom. The van der Waals surface area contributed by atoms with Crippen LogP contribution >= 0.6 is 0 Å². The number of hydrogen-bond acceptors (Lipinski definition) is 4. The molecule has 5 rings (SSSR count). The number of aromatic nitrogens is 2. The van der Waals surface area contributed by atoms with Gasteiger partial charge in [-0.2, -0.15) is 0 Å². The maximum Gasteiger partial charge on any atom is 0.236 e. The molecule has 4 nitrogen and oxygen atoms in total. The molecule has 0 saturated heterocycles. The van der Waals surface area contributed by atoms with Crippen LogP contribution in [0.3, 0.4) is 0 Å². The molecule has 0 N–H and O–H groups in total. The number of nitrogens with zero attached hydrogens (tertiary/aromatic N) is 3. The van der Waals surface area contributed by atoms with Crippen molar-refractivity contribution in [3.05, 3.63) is 108 Å². The van der Waals surface area contributed by atoms with Gasteiger partial charge in [-0.05, 0) is 35.4 Å². The molecule has 0 aliphatic carbocycles. The van der Waals surface area contributed by atoms with Crippen molar-refractivity contribution in [2.45, 2.75) is 12.1 Å². The highest BCUT2D eigenvalue weighted by Gasteiger charge is 2.34. The molecule has 3 heterocycles. The van der Waals surface area contributed by atoms with Gasteiger partial charge < -0.3 is 4.74 Å². The molecule has 1 aliphatic rings. The fourth-order valence-electron chi connectivity index (χ4n) is 3.40. The third-order valence-electron chi connectivity index (χ3n) is 4.73. The summed E-state index contributed by atoms with van der Waals surface area (Å²) in [4.78, 5) is 13.9. The predicted octanol–water partition coefficient (Wildman–Crippen LogP) is 4.89. The van der Waals surface area contributed by atoms with Gasteiger partial charge >= 0.3 is 0 Å². The molecule has 0 fully saturated rings. The van der Waals surface area contributed by atoms with Gasteiger partial charge in [-0.15, -0.1) is 0 Å². The maximum absolute atomic E-state index is 6.31. The van der Waals surface area contributed by atoms with Crippen LogP contribution in [0.1, 0.15) is 29.0 Å². The zero-order chi connectivity index (χ0) is 18.1. The quantitative estimate of drug-likeness (QED) is 0.528. The van der Waals surface area contributed by atoms with E-state index >= 15 is 0 Å². The first kappa shape index (κ1) is 15.7. The Balaban J connectivity index is 1.58. The topological polar surface area (TPSA) is 47.4 Å². The number of benzene rings is 2. The second kappa shape index (κ2) is 6.65. The molecule has 2 aromatic carbocycles. The molecule has 27 heavy (non-hydrogen) atoms. The molecule has 0 amide bonds. The molecule has 2 aromatic heterocycles. The number of rotatable bonds is 3. The van der Waals surface area contributed by atoms with Crippen molar-refractivity contribution >= 4 is 16.9 Å². The number of pyridine rings is 2. The first-order valence-electron chi connectivity index (χ1n) is 8.95. The molecule has 0 saturated carbocycles. The van der Waals surface area contributed by atoms with Gasteiger partial charge in [0.05, 0.1) is 0 Å². The maximum atomic E-state index is 6.31. The first-order valence-corrected chi connectivity index (χ1v) is 8.95. The van der Waals surface area contributed by atoms with Crippen molar-refractivity contribution in [3.63, 3.8) is 0 Å². The van der Waals surface area contributed by atoms with Crippen LogP contribution in [0.4, 0.5) is 0 Å². The van der Waals surface area contributed by atoms with E-state index in [9.17, 15) is 0 Å². The minimum Gasteiger partial charge on any atom is -0.465 e. The molecule has 0 bridgehead atoms. The normalized spacial score (nSPS) is 18.9. The third kappa shape index (κ3) is 2.95. The van der Waals surface area contributed by atoms with E-state index < -0.39 is 0 Å². The zero-order valence-corrected chi connectivity index (χ0v) is 14.6. The zero-order valence-electron chi connectivity index (χ0n) is 14.6. The van der Waals surface area contributed by atoms with E-state index in [0.29, 0.717) is 17.2 Å². The van der Waals surface area contributed by atoms with Crippen molar-refractivity contribution in [2.24, 2.45) is 4.99 Å². The van der Waals surface area contributed by atoms with Crippen LogP contribution in [0.5, 0.6) is 0 Å². The van der Waals surface area contributed by atoms with E-state index in [-0.39, 0.29) is 12.1 Å². The summed E-state index contributed by atoms with van der Waals surface area (Å²) in [6.07, 6.45) is 1.57. The van der Waals surface area contributed by atoms with Crippen LogP contribution in [0.25, 0.3) is 11.0 Å². The smallest absolute Gasteiger partial charge is 0.236 e. The lowest BCUT2D eigenvalue weighted by molar-refractivity contribution is 0.196. The second-order valence-electron chi connectivity index (χ2n) is 6.49. The Kier molecular flexibility index (Phi) is 3.87. The summed E-state index contributed by atoms with van der Waals surface area (Å²) in [5.41, 5.74) is 3.63. The van der Waals surface area contributed by atoms with E-state index in [1.807, 2.05) is 60.7 Å². The molecule has 1 aliphatic heterocycles. The largest absolute Gasteiger partial charge is 0.465 e. The van der Waals surface area contributed by atoms with Crippen molar-refractivity contribution in [2.75, 3.05) is 0 Å². The second-order valence-corrected chi connectivity index (χ2v) is 6.49. The van der Waals surface area contributed by atoms with Crippen molar-refractivity contribution < 1.29 is 4.74 Å². The molecule has 0 spiro atoms. The molecular formula is C23H17N3O. The van der Waals surface area contributed by atoms with Gasteiger partial charge in [0, 0.05) is 11.6 Å². The highest BCUT2D eigenvalue weighted by molar-refractivity contribution is 5.95. The minimum absolute atomic E-state index is 0.107. The van der Waals surface area contributed by atoms with Gasteiger partial charge in [0.1, 0.15) is 11.7 Å². The summed E-state index contributed by atoms with van der Waals surface area (Å²) < 4.78 is 6.31. The molecule has 4 heteroatoms. The molecule has 0 unspecified atom stereocenters. The van der Waals surface area contributed by atoms with Gasteiger partial charge in [-0.3, -0.25) is 0 Å². The van der Waals surface area contributed by atoms with Gasteiger partial charge in [-0.25, -0.2) is 15.0 Å². The lowest BCUT2D eigenvalue weighted by atomic mass is 9.97. The minimum atomic E-state index is -0.176. The Hall–Kier alpha value is -3.53. The standard InChI is InChI=1S/C23H17N3O/c1-3-8-16(9-4-1)20-21(17-10-5-2-6-11-17)27-23(26-20)19-14-13-18-12-7-15-24-22(18)25-19/h1-15,20-21H/t20-,21+/m0/s1. The van der Waals surface area contributed by atoms with E-state index in [2.05, 4.69) is 34.2 Å². The van der Waals surface area contributed by atoms with Crippen LogP contribution < -0.4 is 0 Å².